The van der Waals surface area contributed by atoms with Crippen LogP contribution in [0.2, 0.25) is 0 Å². The second-order valence-corrected chi connectivity index (χ2v) is 5.34. The van der Waals surface area contributed by atoms with Gasteiger partial charge in [0.25, 0.3) is 0 Å². The zero-order valence-electron chi connectivity index (χ0n) is 11.6. The highest BCUT2D eigenvalue weighted by Gasteiger charge is 2.44. The summed E-state index contributed by atoms with van der Waals surface area (Å²) in [6, 6.07) is 13.4. The van der Waals surface area contributed by atoms with E-state index in [4.69, 9.17) is 4.42 Å². The molecular weight excluding hydrogens is 234 g/mol. The van der Waals surface area contributed by atoms with Crippen LogP contribution in [0.1, 0.15) is 42.2 Å². The van der Waals surface area contributed by atoms with Gasteiger partial charge in [0.15, 0.2) is 0 Å². The van der Waals surface area contributed by atoms with Gasteiger partial charge in [-0.2, -0.15) is 0 Å². The second kappa shape index (κ2) is 5.22. The number of hydrogen-bond acceptors (Lipinski definition) is 2. The lowest BCUT2D eigenvalue weighted by atomic mass is 9.98. The maximum atomic E-state index is 5.58. The zero-order chi connectivity index (χ0) is 13.2. The molecule has 0 aliphatic heterocycles. The van der Waals surface area contributed by atoms with Crippen LogP contribution in [0.15, 0.2) is 47.1 Å². The van der Waals surface area contributed by atoms with E-state index in [0.717, 1.165) is 12.2 Å². The van der Waals surface area contributed by atoms with Gasteiger partial charge in [0, 0.05) is 18.0 Å². The molecule has 1 N–H and O–H groups in total. The van der Waals surface area contributed by atoms with Crippen LogP contribution in [-0.4, -0.2) is 7.05 Å². The van der Waals surface area contributed by atoms with Gasteiger partial charge in [0.2, 0.25) is 0 Å². The minimum atomic E-state index is 0.416. The maximum absolute atomic E-state index is 5.58. The molecule has 2 aromatic rings. The molecule has 0 bridgehead atoms. The van der Waals surface area contributed by atoms with Crippen molar-refractivity contribution >= 4 is 0 Å². The maximum Gasteiger partial charge on any atom is 0.108 e. The summed E-state index contributed by atoms with van der Waals surface area (Å²) in [6.45, 7) is 2.15. The Kier molecular flexibility index (Phi) is 3.43. The summed E-state index contributed by atoms with van der Waals surface area (Å²) < 4.78 is 5.58. The highest BCUT2D eigenvalue weighted by molar-refractivity contribution is 5.31. The lowest BCUT2D eigenvalue weighted by Crippen LogP contribution is -2.19. The third-order valence-electron chi connectivity index (χ3n) is 4.24. The zero-order valence-corrected chi connectivity index (χ0v) is 11.6. The molecule has 1 fully saturated rings. The van der Waals surface area contributed by atoms with E-state index in [-0.39, 0.29) is 0 Å². The van der Waals surface area contributed by atoms with E-state index in [2.05, 4.69) is 55.7 Å². The van der Waals surface area contributed by atoms with Crippen molar-refractivity contribution in [2.75, 3.05) is 7.05 Å². The van der Waals surface area contributed by atoms with Crippen molar-refractivity contribution in [3.05, 3.63) is 59.5 Å². The van der Waals surface area contributed by atoms with Crippen molar-refractivity contribution < 1.29 is 4.42 Å². The number of rotatable bonds is 5. The third kappa shape index (κ3) is 2.33. The fraction of sp³-hybridized carbons (Fsp3) is 0.412. The Labute approximate surface area is 114 Å². The quantitative estimate of drug-likeness (QED) is 0.876. The summed E-state index contributed by atoms with van der Waals surface area (Å²) in [5, 5.41) is 3.48. The molecule has 0 saturated heterocycles. The molecule has 1 heterocycles. The molecule has 0 spiro atoms. The summed E-state index contributed by atoms with van der Waals surface area (Å²) in [5.74, 6) is 2.51. The monoisotopic (exact) mass is 255 g/mol. The Morgan fingerprint density at radius 2 is 2.05 bits per heavy atom. The Morgan fingerprint density at radius 1 is 1.26 bits per heavy atom. The van der Waals surface area contributed by atoms with Crippen LogP contribution >= 0.6 is 0 Å². The lowest BCUT2D eigenvalue weighted by Gasteiger charge is -2.16. The van der Waals surface area contributed by atoms with Gasteiger partial charge >= 0.3 is 0 Å². The van der Waals surface area contributed by atoms with Crippen molar-refractivity contribution in [3.63, 3.8) is 0 Å². The van der Waals surface area contributed by atoms with E-state index in [1.165, 1.54) is 17.5 Å². The van der Waals surface area contributed by atoms with Crippen molar-refractivity contribution in [1.82, 2.24) is 5.32 Å². The van der Waals surface area contributed by atoms with E-state index >= 15 is 0 Å². The number of aryl methyl sites for hydroxylation is 1. The molecule has 2 nitrogen and oxygen atoms in total. The largest absolute Gasteiger partial charge is 0.469 e. The molecule has 3 rings (SSSR count). The van der Waals surface area contributed by atoms with Crippen LogP contribution in [0.25, 0.3) is 0 Å². The minimum absolute atomic E-state index is 0.416. The average molecular weight is 255 g/mol. The van der Waals surface area contributed by atoms with Crippen molar-refractivity contribution in [2.24, 2.45) is 5.92 Å². The van der Waals surface area contributed by atoms with Crippen LogP contribution in [0, 0.1) is 5.92 Å². The van der Waals surface area contributed by atoms with Gasteiger partial charge < -0.3 is 9.73 Å². The van der Waals surface area contributed by atoms with Crippen molar-refractivity contribution in [3.8, 4) is 0 Å². The normalized spacial score (nSPS) is 23.3. The van der Waals surface area contributed by atoms with Gasteiger partial charge in [-0.1, -0.05) is 37.3 Å². The molecule has 1 saturated carbocycles. The van der Waals surface area contributed by atoms with Gasteiger partial charge in [-0.15, -0.1) is 0 Å². The lowest BCUT2D eigenvalue weighted by molar-refractivity contribution is 0.474. The molecular formula is C17H21NO. The first kappa shape index (κ1) is 12.5. The molecule has 2 heteroatoms. The summed E-state index contributed by atoms with van der Waals surface area (Å²) >= 11 is 0. The van der Waals surface area contributed by atoms with Gasteiger partial charge in [-0.25, -0.2) is 0 Å². The van der Waals surface area contributed by atoms with E-state index < -0.39 is 0 Å². The standard InChI is InChI=1S/C17H21NO/c1-3-16-13(9-10-19-16)17(18-2)15-11-14(15)12-7-5-4-6-8-12/h4-10,14-15,17-18H,3,11H2,1-2H3. The van der Waals surface area contributed by atoms with Crippen molar-refractivity contribution in [1.29, 1.82) is 0 Å². The topological polar surface area (TPSA) is 25.2 Å². The fourth-order valence-corrected chi connectivity index (χ4v) is 3.18. The summed E-state index contributed by atoms with van der Waals surface area (Å²) in [5.41, 5.74) is 2.81. The predicted octanol–water partition coefficient (Wildman–Crippen LogP) is 3.91. The van der Waals surface area contributed by atoms with Crippen LogP contribution in [-0.2, 0) is 6.42 Å². The summed E-state index contributed by atoms with van der Waals surface area (Å²) in [6.07, 6.45) is 4.05. The molecule has 1 aromatic carbocycles. The van der Waals surface area contributed by atoms with Crippen LogP contribution < -0.4 is 5.32 Å². The Hall–Kier alpha value is -1.54. The SMILES string of the molecule is CCc1occc1C(NC)C1CC1c1ccccc1. The third-order valence-corrected chi connectivity index (χ3v) is 4.24. The molecule has 1 aromatic heterocycles. The molecule has 3 unspecified atom stereocenters. The van der Waals surface area contributed by atoms with Crippen LogP contribution in [0.4, 0.5) is 0 Å². The Balaban J connectivity index is 1.79. The molecule has 0 radical (unpaired) electrons. The first-order valence-corrected chi connectivity index (χ1v) is 7.13. The molecule has 1 aliphatic rings. The molecule has 1 aliphatic carbocycles. The molecule has 100 valence electrons. The van der Waals surface area contributed by atoms with E-state index in [1.54, 1.807) is 0 Å². The Morgan fingerprint density at radius 3 is 2.74 bits per heavy atom. The van der Waals surface area contributed by atoms with Gasteiger partial charge in [-0.3, -0.25) is 0 Å². The summed E-state index contributed by atoms with van der Waals surface area (Å²) in [7, 11) is 2.05. The van der Waals surface area contributed by atoms with E-state index in [1.807, 2.05) is 6.26 Å². The molecule has 19 heavy (non-hydrogen) atoms. The average Bonchev–Trinajstić information content (AvgIpc) is 3.10. The number of hydrogen-bond donors (Lipinski definition) is 1. The highest BCUT2D eigenvalue weighted by Crippen LogP contribution is 2.54. The van der Waals surface area contributed by atoms with E-state index in [0.29, 0.717) is 17.9 Å². The first-order chi connectivity index (χ1) is 9.35. The van der Waals surface area contributed by atoms with Crippen LogP contribution in [0.5, 0.6) is 0 Å². The Bertz CT molecular complexity index is 531. The highest BCUT2D eigenvalue weighted by atomic mass is 16.3. The second-order valence-electron chi connectivity index (χ2n) is 5.34. The minimum Gasteiger partial charge on any atom is -0.469 e. The smallest absolute Gasteiger partial charge is 0.108 e. The van der Waals surface area contributed by atoms with Crippen LogP contribution in [0.3, 0.4) is 0 Å². The van der Waals surface area contributed by atoms with Gasteiger partial charge in [0.1, 0.15) is 5.76 Å². The molecule has 0 amide bonds. The van der Waals surface area contributed by atoms with Gasteiger partial charge in [0.05, 0.1) is 6.26 Å². The molecule has 3 atom stereocenters. The predicted molar refractivity (Wildman–Crippen MR) is 77.2 cm³/mol. The van der Waals surface area contributed by atoms with Gasteiger partial charge in [-0.05, 0) is 36.9 Å². The van der Waals surface area contributed by atoms with E-state index in [9.17, 15) is 0 Å². The van der Waals surface area contributed by atoms with Crippen molar-refractivity contribution in [2.45, 2.75) is 31.7 Å². The number of nitrogens with one attached hydrogen (secondary N) is 1. The first-order valence-electron chi connectivity index (χ1n) is 7.13. The summed E-state index contributed by atoms with van der Waals surface area (Å²) in [4.78, 5) is 0. The number of furan rings is 1. The fourth-order valence-electron chi connectivity index (χ4n) is 3.18. The number of benzene rings is 1.